The average molecular weight is 363 g/mol. The molecule has 2 aromatic carbocycles. The molecule has 0 saturated heterocycles. The number of benzene rings is 2. The highest BCUT2D eigenvalue weighted by molar-refractivity contribution is 14.1. The Kier molecular flexibility index (Phi) is 3.57. The minimum absolute atomic E-state index is 0.0882. The Bertz CT molecular complexity index is 700. The number of hydrogen-bond acceptors (Lipinski definition) is 1. The van der Waals surface area contributed by atoms with E-state index < -0.39 is 0 Å². The minimum Gasteiger partial charge on any atom is -0.392 e. The Balaban J connectivity index is 1.99. The molecule has 96 valence electrons. The maximum Gasteiger partial charge on any atom is 0.0688 e. The summed E-state index contributed by atoms with van der Waals surface area (Å²) in [5.74, 6) is 0. The molecule has 1 N–H and O–H groups in total. The van der Waals surface area contributed by atoms with Crippen molar-refractivity contribution in [1.29, 1.82) is 0 Å². The molecule has 0 aliphatic carbocycles. The molecule has 0 saturated carbocycles. The van der Waals surface area contributed by atoms with Gasteiger partial charge in [0.25, 0.3) is 0 Å². The summed E-state index contributed by atoms with van der Waals surface area (Å²) in [4.78, 5) is 0. The predicted molar refractivity (Wildman–Crippen MR) is 86.1 cm³/mol. The fourth-order valence-electron chi connectivity index (χ4n) is 2.35. The second-order valence-electron chi connectivity index (χ2n) is 4.58. The summed E-state index contributed by atoms with van der Waals surface area (Å²) in [7, 11) is 0. The third-order valence-corrected chi connectivity index (χ3v) is 4.06. The van der Waals surface area contributed by atoms with Crippen LogP contribution in [0.1, 0.15) is 11.1 Å². The number of aromatic nitrogens is 1. The fraction of sp³-hybridized carbons (Fsp3) is 0.125. The first-order valence-corrected chi connectivity index (χ1v) is 7.28. The molecule has 1 aromatic heterocycles. The number of hydrogen-bond donors (Lipinski definition) is 1. The monoisotopic (exact) mass is 363 g/mol. The van der Waals surface area contributed by atoms with Crippen LogP contribution in [0.25, 0.3) is 10.9 Å². The van der Waals surface area contributed by atoms with E-state index in [0.29, 0.717) is 0 Å². The standard InChI is InChI=1S/C16H14INO/c17-14-6-4-12(5-7-14)10-18-9-8-15-13(11-19)2-1-3-16(15)18/h1-9,19H,10-11H2. The first-order chi connectivity index (χ1) is 9.28. The molecule has 0 aliphatic heterocycles. The zero-order valence-electron chi connectivity index (χ0n) is 10.4. The van der Waals surface area contributed by atoms with Gasteiger partial charge in [0, 0.05) is 27.2 Å². The van der Waals surface area contributed by atoms with Gasteiger partial charge in [-0.3, -0.25) is 0 Å². The molecule has 1 heterocycles. The highest BCUT2D eigenvalue weighted by Gasteiger charge is 2.05. The molecule has 0 bridgehead atoms. The minimum atomic E-state index is 0.0882. The van der Waals surface area contributed by atoms with Gasteiger partial charge in [-0.1, -0.05) is 24.3 Å². The SMILES string of the molecule is OCc1cccc2c1ccn2Cc1ccc(I)cc1. The third-order valence-electron chi connectivity index (χ3n) is 3.34. The van der Waals surface area contributed by atoms with Crippen molar-refractivity contribution in [3.8, 4) is 0 Å². The molecule has 0 radical (unpaired) electrons. The van der Waals surface area contributed by atoms with Crippen molar-refractivity contribution >= 4 is 33.5 Å². The highest BCUT2D eigenvalue weighted by atomic mass is 127. The van der Waals surface area contributed by atoms with Crippen molar-refractivity contribution < 1.29 is 5.11 Å². The van der Waals surface area contributed by atoms with Crippen LogP contribution in [0.15, 0.2) is 54.7 Å². The summed E-state index contributed by atoms with van der Waals surface area (Å²) < 4.78 is 3.47. The van der Waals surface area contributed by atoms with Gasteiger partial charge in [-0.25, -0.2) is 0 Å². The van der Waals surface area contributed by atoms with Gasteiger partial charge >= 0.3 is 0 Å². The number of aliphatic hydroxyl groups excluding tert-OH is 1. The summed E-state index contributed by atoms with van der Waals surface area (Å²) in [5, 5.41) is 10.5. The Morgan fingerprint density at radius 2 is 1.79 bits per heavy atom. The van der Waals surface area contributed by atoms with Crippen LogP contribution in [0.3, 0.4) is 0 Å². The van der Waals surface area contributed by atoms with E-state index in [1.807, 2.05) is 12.1 Å². The van der Waals surface area contributed by atoms with Crippen LogP contribution in [-0.2, 0) is 13.2 Å². The van der Waals surface area contributed by atoms with Crippen LogP contribution >= 0.6 is 22.6 Å². The van der Waals surface area contributed by atoms with Gasteiger partial charge in [-0.15, -0.1) is 0 Å². The summed E-state index contributed by atoms with van der Waals surface area (Å²) in [6.45, 7) is 0.945. The van der Waals surface area contributed by atoms with Crippen molar-refractivity contribution in [2.75, 3.05) is 0 Å². The summed E-state index contributed by atoms with van der Waals surface area (Å²) in [6, 6.07) is 16.7. The predicted octanol–water partition coefficient (Wildman–Crippen LogP) is 3.79. The molecule has 0 fully saturated rings. The van der Waals surface area contributed by atoms with E-state index >= 15 is 0 Å². The van der Waals surface area contributed by atoms with Gasteiger partial charge in [0.2, 0.25) is 0 Å². The fourth-order valence-corrected chi connectivity index (χ4v) is 2.71. The maximum atomic E-state index is 9.36. The molecule has 0 amide bonds. The van der Waals surface area contributed by atoms with Crippen molar-refractivity contribution in [3.05, 3.63) is 69.4 Å². The molecule has 0 aliphatic rings. The Hall–Kier alpha value is -1.33. The summed E-state index contributed by atoms with van der Waals surface area (Å²) in [6.07, 6.45) is 2.09. The lowest BCUT2D eigenvalue weighted by Crippen LogP contribution is -1.98. The van der Waals surface area contributed by atoms with Crippen LogP contribution in [0.2, 0.25) is 0 Å². The van der Waals surface area contributed by atoms with Gasteiger partial charge in [-0.2, -0.15) is 0 Å². The van der Waals surface area contributed by atoms with Crippen LogP contribution in [0, 0.1) is 3.57 Å². The smallest absolute Gasteiger partial charge is 0.0688 e. The lowest BCUT2D eigenvalue weighted by Gasteiger charge is -2.07. The Morgan fingerprint density at radius 3 is 2.53 bits per heavy atom. The van der Waals surface area contributed by atoms with Crippen LogP contribution in [0.4, 0.5) is 0 Å². The van der Waals surface area contributed by atoms with Gasteiger partial charge in [0.1, 0.15) is 0 Å². The quantitative estimate of drug-likeness (QED) is 0.704. The van der Waals surface area contributed by atoms with Gasteiger partial charge in [0.05, 0.1) is 6.61 Å². The molecule has 3 rings (SSSR count). The molecular weight excluding hydrogens is 349 g/mol. The van der Waals surface area contributed by atoms with E-state index in [-0.39, 0.29) is 6.61 Å². The number of rotatable bonds is 3. The lowest BCUT2D eigenvalue weighted by atomic mass is 10.1. The van der Waals surface area contributed by atoms with Crippen molar-refractivity contribution in [1.82, 2.24) is 4.57 Å². The molecule has 3 aromatic rings. The largest absolute Gasteiger partial charge is 0.392 e. The second-order valence-corrected chi connectivity index (χ2v) is 5.82. The average Bonchev–Trinajstić information content (AvgIpc) is 2.84. The molecule has 2 nitrogen and oxygen atoms in total. The Labute approximate surface area is 125 Å². The lowest BCUT2D eigenvalue weighted by molar-refractivity contribution is 0.283. The summed E-state index contributed by atoms with van der Waals surface area (Å²) >= 11 is 2.32. The molecule has 19 heavy (non-hydrogen) atoms. The van der Waals surface area contributed by atoms with Crippen LogP contribution < -0.4 is 0 Å². The van der Waals surface area contributed by atoms with Gasteiger partial charge in [0.15, 0.2) is 0 Å². The second kappa shape index (κ2) is 5.35. The topological polar surface area (TPSA) is 25.2 Å². The van der Waals surface area contributed by atoms with E-state index in [2.05, 4.69) is 69.8 Å². The van der Waals surface area contributed by atoms with Crippen molar-refractivity contribution in [2.45, 2.75) is 13.2 Å². The zero-order valence-corrected chi connectivity index (χ0v) is 12.5. The molecular formula is C16H14INO. The van der Waals surface area contributed by atoms with Crippen molar-refractivity contribution in [3.63, 3.8) is 0 Å². The van der Waals surface area contributed by atoms with E-state index in [1.165, 1.54) is 14.7 Å². The third kappa shape index (κ3) is 2.53. The van der Waals surface area contributed by atoms with E-state index in [4.69, 9.17) is 0 Å². The number of fused-ring (bicyclic) bond motifs is 1. The van der Waals surface area contributed by atoms with E-state index in [0.717, 1.165) is 17.5 Å². The Morgan fingerprint density at radius 1 is 1.00 bits per heavy atom. The van der Waals surface area contributed by atoms with E-state index in [1.54, 1.807) is 0 Å². The molecule has 0 spiro atoms. The number of nitrogens with zero attached hydrogens (tertiary/aromatic N) is 1. The van der Waals surface area contributed by atoms with Crippen LogP contribution in [0.5, 0.6) is 0 Å². The van der Waals surface area contributed by atoms with Crippen molar-refractivity contribution in [2.24, 2.45) is 0 Å². The van der Waals surface area contributed by atoms with E-state index in [9.17, 15) is 5.11 Å². The number of halogens is 1. The molecule has 0 atom stereocenters. The zero-order chi connectivity index (χ0) is 13.2. The molecule has 3 heteroatoms. The summed E-state index contributed by atoms with van der Waals surface area (Å²) in [5.41, 5.74) is 3.44. The normalized spacial score (nSPS) is 11.1. The molecule has 0 unspecified atom stereocenters. The highest BCUT2D eigenvalue weighted by Crippen LogP contribution is 2.21. The van der Waals surface area contributed by atoms with Gasteiger partial charge < -0.3 is 9.67 Å². The maximum absolute atomic E-state index is 9.36. The van der Waals surface area contributed by atoms with Crippen LogP contribution in [-0.4, -0.2) is 9.67 Å². The first-order valence-electron chi connectivity index (χ1n) is 6.20. The van der Waals surface area contributed by atoms with Gasteiger partial charge in [-0.05, 0) is 58.0 Å². The first kappa shape index (κ1) is 12.7. The number of aliphatic hydroxyl groups is 1.